The molecule has 0 aromatic heterocycles. The number of carbonyl (C=O) groups excluding carboxylic acids is 1. The van der Waals surface area contributed by atoms with Gasteiger partial charge in [-0.3, -0.25) is 4.79 Å². The number of carbonyl (C=O) groups is 1. The second-order valence-corrected chi connectivity index (χ2v) is 6.45. The van der Waals surface area contributed by atoms with Crippen molar-refractivity contribution in [3.05, 3.63) is 65.7 Å². The molecule has 1 heterocycles. The highest BCUT2D eigenvalue weighted by molar-refractivity contribution is 8.00. The van der Waals surface area contributed by atoms with Crippen molar-refractivity contribution < 1.29 is 14.6 Å². The van der Waals surface area contributed by atoms with Gasteiger partial charge in [0.15, 0.2) is 0 Å². The van der Waals surface area contributed by atoms with E-state index in [-0.39, 0.29) is 17.8 Å². The lowest BCUT2D eigenvalue weighted by Crippen LogP contribution is -2.32. The number of para-hydroxylation sites is 1. The molecule has 1 aliphatic rings. The summed E-state index contributed by atoms with van der Waals surface area (Å²) in [6.45, 7) is 0.276. The van der Waals surface area contributed by atoms with E-state index in [2.05, 4.69) is 0 Å². The van der Waals surface area contributed by atoms with E-state index < -0.39 is 6.10 Å². The summed E-state index contributed by atoms with van der Waals surface area (Å²) in [5, 5.41) is 10.3. The maximum absolute atomic E-state index is 12.3. The van der Waals surface area contributed by atoms with E-state index in [1.807, 2.05) is 54.6 Å². The Bertz CT molecular complexity index is 677. The van der Waals surface area contributed by atoms with Crippen LogP contribution in [0.1, 0.15) is 22.6 Å². The van der Waals surface area contributed by atoms with Crippen molar-refractivity contribution in [1.29, 1.82) is 0 Å². The molecule has 120 valence electrons. The molecule has 0 radical (unpaired) electrons. The van der Waals surface area contributed by atoms with Crippen LogP contribution in [0.5, 0.6) is 5.75 Å². The number of rotatable bonds is 5. The SMILES string of the molecule is COc1ccccc1[C@H]1SCC(=O)N1C[C@H](O)c1ccccc1. The van der Waals surface area contributed by atoms with E-state index in [9.17, 15) is 9.90 Å². The Balaban J connectivity index is 1.83. The van der Waals surface area contributed by atoms with Crippen molar-refractivity contribution in [3.63, 3.8) is 0 Å². The Morgan fingerprint density at radius 1 is 1.22 bits per heavy atom. The summed E-state index contributed by atoms with van der Waals surface area (Å²) >= 11 is 1.56. The van der Waals surface area contributed by atoms with Crippen LogP contribution in [-0.4, -0.2) is 35.3 Å². The minimum absolute atomic E-state index is 0.0425. The lowest BCUT2D eigenvalue weighted by atomic mass is 10.1. The van der Waals surface area contributed by atoms with Gasteiger partial charge in [-0.1, -0.05) is 48.5 Å². The van der Waals surface area contributed by atoms with Crippen LogP contribution in [0.4, 0.5) is 0 Å². The first-order chi connectivity index (χ1) is 11.2. The highest BCUT2D eigenvalue weighted by Gasteiger charge is 2.35. The van der Waals surface area contributed by atoms with E-state index in [1.165, 1.54) is 0 Å². The van der Waals surface area contributed by atoms with Gasteiger partial charge in [0, 0.05) is 5.56 Å². The van der Waals surface area contributed by atoms with Gasteiger partial charge in [0.1, 0.15) is 11.1 Å². The summed E-state index contributed by atoms with van der Waals surface area (Å²) in [4.78, 5) is 14.0. The van der Waals surface area contributed by atoms with E-state index in [4.69, 9.17) is 4.74 Å². The third-order valence-corrected chi connectivity index (χ3v) is 5.16. The van der Waals surface area contributed by atoms with Gasteiger partial charge in [-0.15, -0.1) is 11.8 Å². The van der Waals surface area contributed by atoms with Gasteiger partial charge in [0.2, 0.25) is 5.91 Å². The Kier molecular flexibility index (Phi) is 4.88. The van der Waals surface area contributed by atoms with Crippen LogP contribution in [0.2, 0.25) is 0 Å². The Morgan fingerprint density at radius 2 is 1.91 bits per heavy atom. The van der Waals surface area contributed by atoms with Crippen molar-refractivity contribution in [1.82, 2.24) is 4.90 Å². The van der Waals surface area contributed by atoms with E-state index in [0.717, 1.165) is 16.9 Å². The van der Waals surface area contributed by atoms with Crippen LogP contribution in [0.25, 0.3) is 0 Å². The molecule has 1 aliphatic heterocycles. The Labute approximate surface area is 140 Å². The number of β-amino-alcohol motifs (C(OH)–C–C–N with tert-alkyl or cyclic N) is 1. The molecule has 2 atom stereocenters. The molecular weight excluding hydrogens is 310 g/mol. The van der Waals surface area contributed by atoms with E-state index in [1.54, 1.807) is 23.8 Å². The van der Waals surface area contributed by atoms with Crippen LogP contribution >= 0.6 is 11.8 Å². The summed E-state index contributed by atoms with van der Waals surface area (Å²) < 4.78 is 5.42. The molecule has 2 aromatic rings. The number of nitrogens with zero attached hydrogens (tertiary/aromatic N) is 1. The molecule has 0 saturated carbocycles. The fourth-order valence-corrected chi connectivity index (χ4v) is 3.97. The zero-order valence-corrected chi connectivity index (χ0v) is 13.7. The van der Waals surface area contributed by atoms with Crippen molar-refractivity contribution in [2.45, 2.75) is 11.5 Å². The third-order valence-electron chi connectivity index (χ3n) is 3.93. The monoisotopic (exact) mass is 329 g/mol. The normalized spacial score (nSPS) is 19.0. The fourth-order valence-electron chi connectivity index (χ4n) is 2.75. The van der Waals surface area contributed by atoms with Crippen LogP contribution in [0, 0.1) is 0 Å². The second kappa shape index (κ2) is 7.06. The number of thioether (sulfide) groups is 1. The quantitative estimate of drug-likeness (QED) is 0.916. The number of hydrogen-bond acceptors (Lipinski definition) is 4. The highest BCUT2D eigenvalue weighted by atomic mass is 32.2. The molecule has 0 unspecified atom stereocenters. The first-order valence-electron chi connectivity index (χ1n) is 7.47. The summed E-state index contributed by atoms with van der Waals surface area (Å²) in [5.74, 6) is 1.23. The number of amides is 1. The Morgan fingerprint density at radius 3 is 2.65 bits per heavy atom. The molecule has 23 heavy (non-hydrogen) atoms. The number of aliphatic hydroxyl groups is 1. The van der Waals surface area contributed by atoms with Crippen molar-refractivity contribution in [3.8, 4) is 5.75 Å². The van der Waals surface area contributed by atoms with Gasteiger partial charge in [0.25, 0.3) is 0 Å². The van der Waals surface area contributed by atoms with Gasteiger partial charge in [0.05, 0.1) is 25.5 Å². The van der Waals surface area contributed by atoms with Crippen molar-refractivity contribution in [2.75, 3.05) is 19.4 Å². The first-order valence-corrected chi connectivity index (χ1v) is 8.52. The lowest BCUT2D eigenvalue weighted by Gasteiger charge is -2.27. The highest BCUT2D eigenvalue weighted by Crippen LogP contribution is 2.42. The summed E-state index contributed by atoms with van der Waals surface area (Å²) in [6, 6.07) is 17.1. The molecule has 0 aliphatic carbocycles. The maximum Gasteiger partial charge on any atom is 0.233 e. The van der Waals surface area contributed by atoms with Gasteiger partial charge in [-0.2, -0.15) is 0 Å². The molecule has 1 amide bonds. The predicted molar refractivity (Wildman–Crippen MR) is 91.3 cm³/mol. The molecule has 1 fully saturated rings. The van der Waals surface area contributed by atoms with Gasteiger partial charge < -0.3 is 14.7 Å². The van der Waals surface area contributed by atoms with E-state index >= 15 is 0 Å². The van der Waals surface area contributed by atoms with Crippen LogP contribution in [0.3, 0.4) is 0 Å². The number of methoxy groups -OCH3 is 1. The van der Waals surface area contributed by atoms with Crippen LogP contribution in [0.15, 0.2) is 54.6 Å². The van der Waals surface area contributed by atoms with Crippen LogP contribution in [-0.2, 0) is 4.79 Å². The van der Waals surface area contributed by atoms with Gasteiger partial charge >= 0.3 is 0 Å². The first kappa shape index (κ1) is 15.9. The second-order valence-electron chi connectivity index (χ2n) is 5.38. The topological polar surface area (TPSA) is 49.8 Å². The number of benzene rings is 2. The largest absolute Gasteiger partial charge is 0.496 e. The molecule has 2 aromatic carbocycles. The smallest absolute Gasteiger partial charge is 0.233 e. The summed E-state index contributed by atoms with van der Waals surface area (Å²) in [6.07, 6.45) is -0.698. The molecule has 4 nitrogen and oxygen atoms in total. The molecule has 0 bridgehead atoms. The molecular formula is C18H19NO3S. The molecule has 1 N–H and O–H groups in total. The standard InChI is InChI=1S/C18H19NO3S/c1-22-16-10-6-5-9-14(16)18-19(17(21)12-23-18)11-15(20)13-7-3-2-4-8-13/h2-10,15,18,20H,11-12H2,1H3/t15-,18+/m0/s1. The lowest BCUT2D eigenvalue weighted by molar-refractivity contribution is -0.129. The zero-order valence-electron chi connectivity index (χ0n) is 12.9. The number of aliphatic hydroxyl groups excluding tert-OH is 1. The molecule has 3 rings (SSSR count). The third kappa shape index (κ3) is 3.35. The van der Waals surface area contributed by atoms with Crippen molar-refractivity contribution in [2.24, 2.45) is 0 Å². The zero-order chi connectivity index (χ0) is 16.2. The van der Waals surface area contributed by atoms with Crippen LogP contribution < -0.4 is 4.74 Å². The summed E-state index contributed by atoms with van der Waals surface area (Å²) in [7, 11) is 1.63. The number of ether oxygens (including phenoxy) is 1. The van der Waals surface area contributed by atoms with Crippen molar-refractivity contribution >= 4 is 17.7 Å². The van der Waals surface area contributed by atoms with Gasteiger partial charge in [-0.25, -0.2) is 0 Å². The molecule has 5 heteroatoms. The fraction of sp³-hybridized carbons (Fsp3) is 0.278. The van der Waals surface area contributed by atoms with E-state index in [0.29, 0.717) is 5.75 Å². The average molecular weight is 329 g/mol. The van der Waals surface area contributed by atoms with Gasteiger partial charge in [-0.05, 0) is 11.6 Å². The summed E-state index contributed by atoms with van der Waals surface area (Å²) in [5.41, 5.74) is 1.78. The molecule has 1 saturated heterocycles. The predicted octanol–water partition coefficient (Wildman–Crippen LogP) is 3.00. The minimum Gasteiger partial charge on any atom is -0.496 e. The molecule has 0 spiro atoms. The number of hydrogen-bond donors (Lipinski definition) is 1. The minimum atomic E-state index is -0.698. The average Bonchev–Trinajstić information content (AvgIpc) is 2.96. The maximum atomic E-state index is 12.3. The Hall–Kier alpha value is -1.98.